The number of aliphatic hydroxyl groups excluding tert-OH is 1. The van der Waals surface area contributed by atoms with Crippen molar-refractivity contribution in [1.29, 1.82) is 0 Å². The van der Waals surface area contributed by atoms with Gasteiger partial charge in [0.25, 0.3) is 0 Å². The van der Waals surface area contributed by atoms with Gasteiger partial charge in [0.2, 0.25) is 0 Å². The van der Waals surface area contributed by atoms with E-state index < -0.39 is 0 Å². The highest BCUT2D eigenvalue weighted by Crippen LogP contribution is 2.13. The van der Waals surface area contributed by atoms with Crippen LogP contribution in [0.3, 0.4) is 0 Å². The van der Waals surface area contributed by atoms with Crippen LogP contribution in [0.25, 0.3) is 0 Å². The number of hydrogen-bond acceptors (Lipinski definition) is 2. The maximum absolute atomic E-state index is 8.96. The van der Waals surface area contributed by atoms with Crippen LogP contribution in [0.4, 0.5) is 0 Å². The second-order valence-electron chi connectivity index (χ2n) is 6.34. The van der Waals surface area contributed by atoms with Gasteiger partial charge in [0.1, 0.15) is 0 Å². The van der Waals surface area contributed by atoms with Crippen molar-refractivity contribution in [2.45, 2.75) is 66.3 Å². The summed E-state index contributed by atoms with van der Waals surface area (Å²) < 4.78 is 0. The summed E-state index contributed by atoms with van der Waals surface area (Å²) in [5, 5.41) is 12.6. The summed E-state index contributed by atoms with van der Waals surface area (Å²) >= 11 is 0. The molecule has 0 saturated heterocycles. The van der Waals surface area contributed by atoms with E-state index in [0.29, 0.717) is 18.6 Å². The fourth-order valence-electron chi connectivity index (χ4n) is 2.25. The molecular formula is C15H33NO. The molecule has 0 spiro atoms. The van der Waals surface area contributed by atoms with E-state index in [1.165, 1.54) is 19.3 Å². The second-order valence-corrected chi connectivity index (χ2v) is 6.34. The smallest absolute Gasteiger partial charge is 0.0456 e. The topological polar surface area (TPSA) is 32.3 Å². The molecule has 2 N–H and O–H groups in total. The fraction of sp³-hybridized carbons (Fsp3) is 1.00. The standard InChI is InChI=1S/C15H33NO/c1-12(2)9-15(10-13(3)4)16-8-6-7-14(5)11-17/h12-17H,6-11H2,1-5H3. The third-order valence-electron chi connectivity index (χ3n) is 3.13. The van der Waals surface area contributed by atoms with Gasteiger partial charge < -0.3 is 10.4 Å². The predicted octanol–water partition coefficient (Wildman–Crippen LogP) is 3.45. The number of aliphatic hydroxyl groups is 1. The molecule has 0 aromatic heterocycles. The van der Waals surface area contributed by atoms with Crippen LogP contribution in [0.15, 0.2) is 0 Å². The molecule has 0 aliphatic carbocycles. The van der Waals surface area contributed by atoms with Crippen molar-refractivity contribution in [3.8, 4) is 0 Å². The first-order chi connectivity index (χ1) is 7.95. The molecule has 0 aliphatic heterocycles. The Morgan fingerprint density at radius 3 is 1.88 bits per heavy atom. The molecule has 0 bridgehead atoms. The van der Waals surface area contributed by atoms with Crippen LogP contribution in [0.5, 0.6) is 0 Å². The first-order valence-corrected chi connectivity index (χ1v) is 7.29. The van der Waals surface area contributed by atoms with Crippen molar-refractivity contribution >= 4 is 0 Å². The Morgan fingerprint density at radius 1 is 0.941 bits per heavy atom. The van der Waals surface area contributed by atoms with Gasteiger partial charge in [-0.15, -0.1) is 0 Å². The van der Waals surface area contributed by atoms with Crippen molar-refractivity contribution in [2.24, 2.45) is 17.8 Å². The number of hydrogen-bond donors (Lipinski definition) is 2. The summed E-state index contributed by atoms with van der Waals surface area (Å²) in [6.45, 7) is 12.7. The largest absolute Gasteiger partial charge is 0.396 e. The van der Waals surface area contributed by atoms with Gasteiger partial charge in [0, 0.05) is 12.6 Å². The molecule has 2 nitrogen and oxygen atoms in total. The van der Waals surface area contributed by atoms with Crippen LogP contribution < -0.4 is 5.32 Å². The second kappa shape index (κ2) is 9.90. The van der Waals surface area contributed by atoms with Gasteiger partial charge in [0.05, 0.1) is 0 Å². The van der Waals surface area contributed by atoms with Gasteiger partial charge >= 0.3 is 0 Å². The van der Waals surface area contributed by atoms with Gasteiger partial charge in [-0.3, -0.25) is 0 Å². The van der Waals surface area contributed by atoms with Gasteiger partial charge in [-0.05, 0) is 50.0 Å². The zero-order valence-electron chi connectivity index (χ0n) is 12.5. The van der Waals surface area contributed by atoms with E-state index in [-0.39, 0.29) is 0 Å². The lowest BCUT2D eigenvalue weighted by atomic mass is 9.95. The summed E-state index contributed by atoms with van der Waals surface area (Å²) in [4.78, 5) is 0. The van der Waals surface area contributed by atoms with Gasteiger partial charge in [-0.2, -0.15) is 0 Å². The lowest BCUT2D eigenvalue weighted by molar-refractivity contribution is 0.227. The Hall–Kier alpha value is -0.0800. The molecule has 17 heavy (non-hydrogen) atoms. The Bertz CT molecular complexity index is 158. The zero-order chi connectivity index (χ0) is 13.3. The minimum absolute atomic E-state index is 0.321. The highest BCUT2D eigenvalue weighted by Gasteiger charge is 2.12. The number of rotatable bonds is 10. The Kier molecular flexibility index (Phi) is 9.85. The van der Waals surface area contributed by atoms with E-state index in [9.17, 15) is 0 Å². The Morgan fingerprint density at radius 2 is 1.47 bits per heavy atom. The SMILES string of the molecule is CC(C)CC(CC(C)C)NCCCC(C)CO. The Balaban J connectivity index is 3.75. The van der Waals surface area contributed by atoms with Crippen molar-refractivity contribution in [2.75, 3.05) is 13.2 Å². The molecule has 0 fully saturated rings. The molecule has 0 radical (unpaired) electrons. The molecule has 1 unspecified atom stereocenters. The van der Waals surface area contributed by atoms with Crippen molar-refractivity contribution in [3.63, 3.8) is 0 Å². The van der Waals surface area contributed by atoms with Crippen molar-refractivity contribution in [1.82, 2.24) is 5.32 Å². The molecule has 0 saturated carbocycles. The zero-order valence-corrected chi connectivity index (χ0v) is 12.5. The van der Waals surface area contributed by atoms with E-state index >= 15 is 0 Å². The molecular weight excluding hydrogens is 210 g/mol. The van der Waals surface area contributed by atoms with Gasteiger partial charge in [-0.1, -0.05) is 34.6 Å². The molecule has 104 valence electrons. The molecule has 0 heterocycles. The Labute approximate surface area is 108 Å². The first-order valence-electron chi connectivity index (χ1n) is 7.29. The van der Waals surface area contributed by atoms with Crippen LogP contribution in [-0.2, 0) is 0 Å². The van der Waals surface area contributed by atoms with E-state index in [2.05, 4.69) is 39.9 Å². The summed E-state index contributed by atoms with van der Waals surface area (Å²) in [5.41, 5.74) is 0. The molecule has 1 atom stereocenters. The predicted molar refractivity (Wildman–Crippen MR) is 76.2 cm³/mol. The summed E-state index contributed by atoms with van der Waals surface area (Å²) in [7, 11) is 0. The van der Waals surface area contributed by atoms with Crippen LogP contribution in [0.2, 0.25) is 0 Å². The van der Waals surface area contributed by atoms with Crippen LogP contribution in [-0.4, -0.2) is 24.3 Å². The van der Waals surface area contributed by atoms with Crippen molar-refractivity contribution in [3.05, 3.63) is 0 Å². The summed E-state index contributed by atoms with van der Waals surface area (Å²) in [5.74, 6) is 1.98. The third kappa shape index (κ3) is 10.8. The maximum Gasteiger partial charge on any atom is 0.0456 e. The number of nitrogens with one attached hydrogen (secondary N) is 1. The first kappa shape index (κ1) is 16.9. The van der Waals surface area contributed by atoms with Crippen LogP contribution in [0.1, 0.15) is 60.3 Å². The van der Waals surface area contributed by atoms with Gasteiger partial charge in [0.15, 0.2) is 0 Å². The molecule has 2 heteroatoms. The van der Waals surface area contributed by atoms with Crippen molar-refractivity contribution < 1.29 is 5.11 Å². The quantitative estimate of drug-likeness (QED) is 0.576. The fourth-order valence-corrected chi connectivity index (χ4v) is 2.25. The minimum atomic E-state index is 0.321. The van der Waals surface area contributed by atoms with E-state index in [1.807, 2.05) is 0 Å². The maximum atomic E-state index is 8.96. The average molecular weight is 243 g/mol. The van der Waals surface area contributed by atoms with E-state index in [1.54, 1.807) is 0 Å². The minimum Gasteiger partial charge on any atom is -0.396 e. The lowest BCUT2D eigenvalue weighted by Gasteiger charge is -2.22. The summed E-state index contributed by atoms with van der Waals surface area (Å²) in [6, 6.07) is 0.666. The van der Waals surface area contributed by atoms with Gasteiger partial charge in [-0.25, -0.2) is 0 Å². The monoisotopic (exact) mass is 243 g/mol. The highest BCUT2D eigenvalue weighted by atomic mass is 16.3. The van der Waals surface area contributed by atoms with E-state index in [4.69, 9.17) is 5.11 Å². The molecule has 0 aromatic rings. The molecule has 0 aliphatic rings. The molecule has 0 amide bonds. The third-order valence-corrected chi connectivity index (χ3v) is 3.13. The van der Waals surface area contributed by atoms with Crippen LogP contribution in [0, 0.1) is 17.8 Å². The van der Waals surface area contributed by atoms with E-state index in [0.717, 1.165) is 24.8 Å². The normalized spacial score (nSPS) is 13.9. The molecule has 0 aromatic carbocycles. The lowest BCUT2D eigenvalue weighted by Crippen LogP contribution is -2.32. The average Bonchev–Trinajstić information content (AvgIpc) is 2.22. The molecule has 0 rings (SSSR count). The highest BCUT2D eigenvalue weighted by molar-refractivity contribution is 4.70. The summed E-state index contributed by atoms with van der Waals surface area (Å²) in [6.07, 6.45) is 4.84. The van der Waals surface area contributed by atoms with Crippen LogP contribution >= 0.6 is 0 Å².